The molecule has 1 atom stereocenters. The SMILES string of the molecule is CC.Cc1cc(-c2nc(CCOc3ccc(CC4SC(=O)NC4=O)c4sccc34)c(C)o2)cc(C)c1O. The van der Waals surface area contributed by atoms with Crippen molar-refractivity contribution in [3.05, 3.63) is 63.9 Å². The molecular formula is C28H30N2O5S2. The minimum Gasteiger partial charge on any atom is -0.507 e. The van der Waals surface area contributed by atoms with Crippen LogP contribution in [0.25, 0.3) is 21.5 Å². The summed E-state index contributed by atoms with van der Waals surface area (Å²) in [7, 11) is 0. The van der Waals surface area contributed by atoms with Crippen LogP contribution >= 0.6 is 23.1 Å². The number of rotatable bonds is 7. The molecular weight excluding hydrogens is 508 g/mol. The van der Waals surface area contributed by atoms with Crippen molar-refractivity contribution in [2.45, 2.75) is 52.7 Å². The number of phenolic OH excluding ortho intramolecular Hbond substituents is 1. The van der Waals surface area contributed by atoms with Crippen LogP contribution in [0, 0.1) is 20.8 Å². The van der Waals surface area contributed by atoms with Gasteiger partial charge in [0.2, 0.25) is 11.8 Å². The van der Waals surface area contributed by atoms with Gasteiger partial charge < -0.3 is 14.3 Å². The Morgan fingerprint density at radius 2 is 1.84 bits per heavy atom. The van der Waals surface area contributed by atoms with E-state index in [4.69, 9.17) is 9.15 Å². The molecule has 2 aromatic heterocycles. The molecule has 7 nitrogen and oxygen atoms in total. The Labute approximate surface area is 224 Å². The molecule has 5 rings (SSSR count). The quantitative estimate of drug-likeness (QED) is 0.269. The number of carbonyl (C=O) groups excluding carboxylic acids is 2. The summed E-state index contributed by atoms with van der Waals surface area (Å²) in [6.07, 6.45) is 1.08. The number of oxazole rings is 1. The monoisotopic (exact) mass is 538 g/mol. The van der Waals surface area contributed by atoms with Gasteiger partial charge in [0.25, 0.3) is 5.24 Å². The van der Waals surface area contributed by atoms with Crippen LogP contribution in [-0.4, -0.2) is 33.1 Å². The Morgan fingerprint density at radius 1 is 1.11 bits per heavy atom. The van der Waals surface area contributed by atoms with Crippen LogP contribution in [0.3, 0.4) is 0 Å². The second-order valence-corrected chi connectivity index (χ2v) is 10.6. The van der Waals surface area contributed by atoms with Crippen LogP contribution in [0.4, 0.5) is 4.79 Å². The molecule has 2 aromatic carbocycles. The van der Waals surface area contributed by atoms with E-state index in [1.54, 1.807) is 11.3 Å². The molecule has 1 fully saturated rings. The highest BCUT2D eigenvalue weighted by Crippen LogP contribution is 2.36. The number of aromatic hydroxyl groups is 1. The molecule has 3 heterocycles. The largest absolute Gasteiger partial charge is 0.507 e. The van der Waals surface area contributed by atoms with Gasteiger partial charge in [-0.05, 0) is 73.5 Å². The Morgan fingerprint density at radius 3 is 2.51 bits per heavy atom. The van der Waals surface area contributed by atoms with Gasteiger partial charge in [-0.15, -0.1) is 11.3 Å². The van der Waals surface area contributed by atoms with Gasteiger partial charge >= 0.3 is 0 Å². The summed E-state index contributed by atoms with van der Waals surface area (Å²) in [6.45, 7) is 10.0. The molecule has 1 aliphatic rings. The first-order valence-corrected chi connectivity index (χ1v) is 14.0. The number of benzene rings is 2. The number of amides is 2. The van der Waals surface area contributed by atoms with Gasteiger partial charge in [0.15, 0.2) is 0 Å². The minimum atomic E-state index is -0.398. The van der Waals surface area contributed by atoms with Gasteiger partial charge in [0.05, 0.1) is 17.6 Å². The summed E-state index contributed by atoms with van der Waals surface area (Å²) in [6, 6.07) is 9.64. The zero-order valence-electron chi connectivity index (χ0n) is 21.5. The van der Waals surface area contributed by atoms with E-state index in [9.17, 15) is 14.7 Å². The zero-order chi connectivity index (χ0) is 26.7. The number of thiophene rings is 1. The van der Waals surface area contributed by atoms with Gasteiger partial charge in [-0.25, -0.2) is 4.98 Å². The molecule has 0 bridgehead atoms. The minimum absolute atomic E-state index is 0.231. The van der Waals surface area contributed by atoms with Crippen LogP contribution in [0.2, 0.25) is 0 Å². The topological polar surface area (TPSA) is 102 Å². The van der Waals surface area contributed by atoms with Crippen molar-refractivity contribution in [1.82, 2.24) is 10.3 Å². The fourth-order valence-corrected chi connectivity index (χ4v) is 6.01. The molecule has 194 valence electrons. The highest BCUT2D eigenvalue weighted by atomic mass is 32.2. The predicted octanol–water partition coefficient (Wildman–Crippen LogP) is 6.73. The van der Waals surface area contributed by atoms with Crippen molar-refractivity contribution >= 4 is 44.3 Å². The molecule has 2 amide bonds. The Kier molecular flexibility index (Phi) is 8.24. The number of thioether (sulfide) groups is 1. The van der Waals surface area contributed by atoms with Crippen molar-refractivity contribution in [1.29, 1.82) is 0 Å². The second-order valence-electron chi connectivity index (χ2n) is 8.55. The average molecular weight is 539 g/mol. The van der Waals surface area contributed by atoms with E-state index in [1.165, 1.54) is 0 Å². The molecule has 9 heteroatoms. The van der Waals surface area contributed by atoms with Crippen molar-refractivity contribution in [3.8, 4) is 23.0 Å². The fourth-order valence-electron chi connectivity index (χ4n) is 4.23. The normalized spacial score (nSPS) is 15.0. The number of nitrogens with one attached hydrogen (secondary N) is 1. The summed E-state index contributed by atoms with van der Waals surface area (Å²) in [5.41, 5.74) is 4.25. The first-order valence-electron chi connectivity index (χ1n) is 12.2. The maximum atomic E-state index is 12.0. The van der Waals surface area contributed by atoms with E-state index in [-0.39, 0.29) is 16.9 Å². The van der Waals surface area contributed by atoms with E-state index in [2.05, 4.69) is 10.3 Å². The second kappa shape index (κ2) is 11.4. The molecule has 2 N–H and O–H groups in total. The molecule has 1 aliphatic heterocycles. The number of fused-ring (bicyclic) bond motifs is 1. The van der Waals surface area contributed by atoms with Gasteiger partial charge in [0.1, 0.15) is 17.3 Å². The Bertz CT molecular complexity index is 1430. The van der Waals surface area contributed by atoms with Crippen LogP contribution in [0.15, 0.2) is 40.1 Å². The third kappa shape index (κ3) is 5.67. The number of phenols is 1. The molecule has 37 heavy (non-hydrogen) atoms. The molecule has 0 aliphatic carbocycles. The van der Waals surface area contributed by atoms with E-state index in [0.717, 1.165) is 61.3 Å². The molecule has 0 saturated carbocycles. The van der Waals surface area contributed by atoms with Gasteiger partial charge in [-0.1, -0.05) is 31.7 Å². The van der Waals surface area contributed by atoms with E-state index < -0.39 is 5.25 Å². The lowest BCUT2D eigenvalue weighted by Gasteiger charge is -2.11. The highest BCUT2D eigenvalue weighted by molar-refractivity contribution is 8.15. The van der Waals surface area contributed by atoms with Gasteiger partial charge in [0, 0.05) is 22.1 Å². The van der Waals surface area contributed by atoms with Crippen LogP contribution < -0.4 is 10.1 Å². The first-order chi connectivity index (χ1) is 17.8. The number of carbonyl (C=O) groups is 2. The maximum absolute atomic E-state index is 12.0. The smallest absolute Gasteiger partial charge is 0.286 e. The number of imide groups is 1. The molecule has 1 unspecified atom stereocenters. The lowest BCUT2D eigenvalue weighted by atomic mass is 10.1. The standard InChI is InChI=1S/C26H24N2O5S2.C2H6/c1-13-10-17(11-14(2)22(13)29)25-27-19(15(3)33-25)6-8-32-20-5-4-16(23-18(20)7-9-34-23)12-21-24(30)28-26(31)35-21;1-2/h4-5,7,9-11,21,29H,6,8,12H2,1-3H3,(H,28,30,31);1-2H3. The molecule has 1 saturated heterocycles. The van der Waals surface area contributed by atoms with E-state index >= 15 is 0 Å². The van der Waals surface area contributed by atoms with E-state index in [1.807, 2.05) is 70.3 Å². The Balaban J connectivity index is 0.00000156. The average Bonchev–Trinajstić information content (AvgIpc) is 3.59. The van der Waals surface area contributed by atoms with Crippen molar-refractivity contribution in [2.24, 2.45) is 0 Å². The first kappa shape index (κ1) is 26.8. The number of aromatic nitrogens is 1. The predicted molar refractivity (Wildman–Crippen MR) is 149 cm³/mol. The fraction of sp³-hybridized carbons (Fsp3) is 0.321. The van der Waals surface area contributed by atoms with Gasteiger partial charge in [-0.3, -0.25) is 14.9 Å². The number of hydrogen-bond donors (Lipinski definition) is 2. The van der Waals surface area contributed by atoms with Crippen molar-refractivity contribution in [2.75, 3.05) is 6.61 Å². The molecule has 4 aromatic rings. The summed E-state index contributed by atoms with van der Waals surface area (Å²) < 4.78 is 13.1. The zero-order valence-corrected chi connectivity index (χ0v) is 23.1. The molecule has 0 radical (unpaired) electrons. The number of ether oxygens (including phenoxy) is 1. The summed E-state index contributed by atoms with van der Waals surface area (Å²) in [5, 5.41) is 14.7. The summed E-state index contributed by atoms with van der Waals surface area (Å²) in [4.78, 5) is 28.1. The van der Waals surface area contributed by atoms with Crippen molar-refractivity contribution < 1.29 is 23.8 Å². The Hall–Kier alpha value is -3.30. The maximum Gasteiger partial charge on any atom is 0.286 e. The number of nitrogens with zero attached hydrogens (tertiary/aromatic N) is 1. The van der Waals surface area contributed by atoms with E-state index in [0.29, 0.717) is 25.3 Å². The summed E-state index contributed by atoms with van der Waals surface area (Å²) >= 11 is 2.64. The lowest BCUT2D eigenvalue weighted by Crippen LogP contribution is -2.25. The van der Waals surface area contributed by atoms with Crippen LogP contribution in [-0.2, 0) is 17.6 Å². The number of hydrogen-bond acceptors (Lipinski definition) is 8. The van der Waals surface area contributed by atoms with Crippen molar-refractivity contribution in [3.63, 3.8) is 0 Å². The van der Waals surface area contributed by atoms with Crippen LogP contribution in [0.1, 0.15) is 42.0 Å². The summed E-state index contributed by atoms with van der Waals surface area (Å²) in [5.74, 6) is 2.10. The molecule has 0 spiro atoms. The highest BCUT2D eigenvalue weighted by Gasteiger charge is 2.32. The third-order valence-electron chi connectivity index (χ3n) is 6.06. The van der Waals surface area contributed by atoms with Gasteiger partial charge in [-0.2, -0.15) is 0 Å². The third-order valence-corrected chi connectivity index (χ3v) is 8.03. The number of aryl methyl sites for hydroxylation is 3. The van der Waals surface area contributed by atoms with Crippen LogP contribution in [0.5, 0.6) is 11.5 Å². The lowest BCUT2D eigenvalue weighted by molar-refractivity contribution is -0.118.